The smallest absolute Gasteiger partial charge is 0.309 e. The zero-order valence-corrected chi connectivity index (χ0v) is 21.5. The molecule has 32 heavy (non-hydrogen) atoms. The molecule has 0 fully saturated rings. The molecule has 0 heterocycles. The van der Waals surface area contributed by atoms with Crippen LogP contribution in [-0.2, 0) is 9.59 Å². The van der Waals surface area contributed by atoms with E-state index in [4.69, 9.17) is 5.11 Å². The van der Waals surface area contributed by atoms with Gasteiger partial charge in [0.2, 0.25) is 0 Å². The van der Waals surface area contributed by atoms with Gasteiger partial charge in [-0.1, -0.05) is 129 Å². The minimum Gasteiger partial charge on any atom is -0.481 e. The molecule has 0 saturated carbocycles. The molecule has 4 heteroatoms. The van der Waals surface area contributed by atoms with E-state index in [1.165, 1.54) is 77.0 Å². The molecule has 0 bridgehead atoms. The van der Waals surface area contributed by atoms with E-state index in [1.54, 1.807) is 0 Å². The predicted octanol–water partition coefficient (Wildman–Crippen LogP) is 9.15. The van der Waals surface area contributed by atoms with Crippen LogP contribution in [-0.4, -0.2) is 22.2 Å². The van der Waals surface area contributed by atoms with Gasteiger partial charge in [-0.15, -0.1) is 0 Å². The topological polar surface area (TPSA) is 74.6 Å². The van der Waals surface area contributed by atoms with Crippen molar-refractivity contribution < 1.29 is 19.8 Å². The van der Waals surface area contributed by atoms with Gasteiger partial charge in [-0.25, -0.2) is 0 Å². The van der Waals surface area contributed by atoms with Crippen LogP contribution in [0.3, 0.4) is 0 Å². The molecule has 4 nitrogen and oxygen atoms in total. The highest BCUT2D eigenvalue weighted by atomic mass is 16.4. The summed E-state index contributed by atoms with van der Waals surface area (Å²) in [5.74, 6) is -1.23. The summed E-state index contributed by atoms with van der Waals surface area (Å²) in [6.07, 6.45) is 24.9. The van der Waals surface area contributed by atoms with Crippen LogP contribution in [0.2, 0.25) is 0 Å². The number of hydrogen-bond acceptors (Lipinski definition) is 2. The first kappa shape index (κ1) is 30.9. The molecule has 0 aliphatic carbocycles. The second-order valence-electron chi connectivity index (χ2n) is 9.99. The van der Waals surface area contributed by atoms with Crippen LogP contribution < -0.4 is 0 Å². The molecule has 0 saturated heterocycles. The molecule has 0 aromatic rings. The normalized spacial score (nSPS) is 11.7. The maximum absolute atomic E-state index is 12.3. The lowest BCUT2D eigenvalue weighted by atomic mass is 9.74. The zero-order valence-electron chi connectivity index (χ0n) is 21.5. The second kappa shape index (κ2) is 21.8. The van der Waals surface area contributed by atoms with Gasteiger partial charge in [0.1, 0.15) is 0 Å². The van der Waals surface area contributed by atoms with Crippen molar-refractivity contribution in [2.24, 2.45) is 5.41 Å². The minimum atomic E-state index is -0.682. The van der Waals surface area contributed by atoms with Crippen molar-refractivity contribution in [3.05, 3.63) is 0 Å². The molecule has 0 radical (unpaired) electrons. The molecular weight excluding hydrogens is 400 g/mol. The number of hydrogen-bond donors (Lipinski definition) is 2. The Morgan fingerprint density at radius 3 is 1.12 bits per heavy atom. The predicted molar refractivity (Wildman–Crippen MR) is 135 cm³/mol. The van der Waals surface area contributed by atoms with Crippen LogP contribution >= 0.6 is 0 Å². The third-order valence-corrected chi connectivity index (χ3v) is 7.02. The van der Waals surface area contributed by atoms with E-state index in [2.05, 4.69) is 13.8 Å². The molecule has 0 aliphatic heterocycles. The van der Waals surface area contributed by atoms with E-state index in [1.807, 2.05) is 0 Å². The average Bonchev–Trinajstić information content (AvgIpc) is 2.76. The van der Waals surface area contributed by atoms with Gasteiger partial charge in [0.15, 0.2) is 0 Å². The third-order valence-electron chi connectivity index (χ3n) is 7.02. The fourth-order valence-corrected chi connectivity index (χ4v) is 4.81. The fraction of sp³-hybridized carbons (Fsp3) is 0.929. The van der Waals surface area contributed by atoms with Crippen molar-refractivity contribution in [2.75, 3.05) is 0 Å². The summed E-state index contributed by atoms with van der Waals surface area (Å²) in [5.41, 5.74) is -0.484. The average molecular weight is 455 g/mol. The van der Waals surface area contributed by atoms with Gasteiger partial charge in [-0.3, -0.25) is 9.59 Å². The van der Waals surface area contributed by atoms with Gasteiger partial charge < -0.3 is 10.2 Å². The maximum atomic E-state index is 12.3. The van der Waals surface area contributed by atoms with E-state index < -0.39 is 17.4 Å². The number of aliphatic carboxylic acids is 2. The van der Waals surface area contributed by atoms with Crippen LogP contribution in [0.5, 0.6) is 0 Å². The molecule has 190 valence electrons. The molecule has 0 atom stereocenters. The van der Waals surface area contributed by atoms with Crippen LogP contribution in [0.15, 0.2) is 0 Å². The van der Waals surface area contributed by atoms with E-state index in [0.29, 0.717) is 6.42 Å². The van der Waals surface area contributed by atoms with Crippen molar-refractivity contribution in [3.8, 4) is 0 Å². The summed E-state index contributed by atoms with van der Waals surface area (Å²) in [5, 5.41) is 18.7. The van der Waals surface area contributed by atoms with E-state index in [-0.39, 0.29) is 0 Å². The Labute approximate surface area is 199 Å². The summed E-state index contributed by atoms with van der Waals surface area (Å²) in [6.45, 7) is 4.41. The second-order valence-corrected chi connectivity index (χ2v) is 9.99. The maximum Gasteiger partial charge on any atom is 0.309 e. The Morgan fingerprint density at radius 1 is 0.500 bits per heavy atom. The quantitative estimate of drug-likeness (QED) is 0.135. The van der Waals surface area contributed by atoms with Crippen LogP contribution in [0.1, 0.15) is 162 Å². The largest absolute Gasteiger partial charge is 0.481 e. The van der Waals surface area contributed by atoms with Crippen molar-refractivity contribution in [3.63, 3.8) is 0 Å². The molecule has 0 aromatic heterocycles. The van der Waals surface area contributed by atoms with Crippen LogP contribution in [0, 0.1) is 5.41 Å². The molecule has 2 N–H and O–H groups in total. The number of carboxylic acid groups (broad SMARTS) is 2. The Hall–Kier alpha value is -1.06. The first-order chi connectivity index (χ1) is 15.5. The van der Waals surface area contributed by atoms with Gasteiger partial charge in [0.25, 0.3) is 0 Å². The van der Waals surface area contributed by atoms with Crippen LogP contribution in [0.4, 0.5) is 0 Å². The van der Waals surface area contributed by atoms with E-state index >= 15 is 0 Å². The van der Waals surface area contributed by atoms with Gasteiger partial charge in [-0.05, 0) is 25.7 Å². The number of carboxylic acids is 2. The van der Waals surface area contributed by atoms with Gasteiger partial charge in [-0.2, -0.15) is 0 Å². The molecular formula is C28H54O4. The fourth-order valence-electron chi connectivity index (χ4n) is 4.81. The highest BCUT2D eigenvalue weighted by Crippen LogP contribution is 2.38. The zero-order chi connectivity index (χ0) is 23.9. The number of unbranched alkanes of at least 4 members (excludes halogenated alkanes) is 16. The van der Waals surface area contributed by atoms with E-state index in [0.717, 1.165) is 64.2 Å². The summed E-state index contributed by atoms with van der Waals surface area (Å²) in [7, 11) is 0. The molecule has 0 aliphatic rings. The molecule has 0 aromatic carbocycles. The summed E-state index contributed by atoms with van der Waals surface area (Å²) in [4.78, 5) is 22.8. The summed E-state index contributed by atoms with van der Waals surface area (Å²) in [6, 6.07) is 0. The summed E-state index contributed by atoms with van der Waals surface area (Å²) < 4.78 is 0. The minimum absolute atomic E-state index is 0.306. The molecule has 0 spiro atoms. The van der Waals surface area contributed by atoms with Crippen molar-refractivity contribution in [1.82, 2.24) is 0 Å². The lowest BCUT2D eigenvalue weighted by Crippen LogP contribution is -2.31. The van der Waals surface area contributed by atoms with Gasteiger partial charge in [0, 0.05) is 6.42 Å². The SMILES string of the molecule is CCCCCCC(CCCCCC)(CCCCCCCCCCCCCC(=O)O)C(=O)O. The van der Waals surface area contributed by atoms with E-state index in [9.17, 15) is 14.7 Å². The van der Waals surface area contributed by atoms with Crippen LogP contribution in [0.25, 0.3) is 0 Å². The standard InChI is InChI=1S/C28H54O4/c1-3-5-7-19-23-28(27(31)32,24-20-8-6-4-2)25-21-17-15-13-11-9-10-12-14-16-18-22-26(29)30/h3-25H2,1-2H3,(H,29,30)(H,31,32). The number of carbonyl (C=O) groups is 2. The first-order valence-electron chi connectivity index (χ1n) is 13.9. The monoisotopic (exact) mass is 454 g/mol. The Morgan fingerprint density at radius 2 is 0.812 bits per heavy atom. The Bertz CT molecular complexity index is 435. The highest BCUT2D eigenvalue weighted by Gasteiger charge is 2.36. The third kappa shape index (κ3) is 17.5. The molecule has 0 amide bonds. The van der Waals surface area contributed by atoms with Crippen molar-refractivity contribution >= 4 is 11.9 Å². The van der Waals surface area contributed by atoms with Crippen molar-refractivity contribution in [1.29, 1.82) is 0 Å². The Kier molecular flexibility index (Phi) is 21.0. The highest BCUT2D eigenvalue weighted by molar-refractivity contribution is 5.74. The van der Waals surface area contributed by atoms with Gasteiger partial charge >= 0.3 is 11.9 Å². The first-order valence-corrected chi connectivity index (χ1v) is 13.9. The Balaban J connectivity index is 4.04. The molecule has 0 rings (SSSR count). The van der Waals surface area contributed by atoms with Gasteiger partial charge in [0.05, 0.1) is 5.41 Å². The lowest BCUT2D eigenvalue weighted by Gasteiger charge is -2.30. The lowest BCUT2D eigenvalue weighted by molar-refractivity contribution is -0.151. The van der Waals surface area contributed by atoms with Crippen molar-refractivity contribution in [2.45, 2.75) is 162 Å². The number of rotatable bonds is 25. The summed E-state index contributed by atoms with van der Waals surface area (Å²) >= 11 is 0. The molecule has 0 unspecified atom stereocenters.